The van der Waals surface area contributed by atoms with Gasteiger partial charge in [-0.3, -0.25) is 4.79 Å². The third-order valence-electron chi connectivity index (χ3n) is 1.21. The van der Waals surface area contributed by atoms with Gasteiger partial charge in [0, 0.05) is 10.6 Å². The molecule has 0 fully saturated rings. The average Bonchev–Trinajstić information content (AvgIpc) is 2.07. The molecule has 0 heterocycles. The number of hydrogen-bond donors (Lipinski definition) is 1. The normalized spacial score (nSPS) is 11.7. The lowest BCUT2D eigenvalue weighted by atomic mass is 10.4. The molecule has 0 spiro atoms. The summed E-state index contributed by atoms with van der Waals surface area (Å²) < 4.78 is 0. The number of carbonyl (C=O) groups is 1. The first-order valence-electron chi connectivity index (χ1n) is 3.52. The number of rotatable bonds is 5. The van der Waals surface area contributed by atoms with Gasteiger partial charge in [-0.1, -0.05) is 12.7 Å². The van der Waals surface area contributed by atoms with Gasteiger partial charge in [0.2, 0.25) is 6.41 Å². The molecule has 0 aliphatic carbocycles. The Bertz CT molecular complexity index is 219. The lowest BCUT2D eigenvalue weighted by Crippen LogP contribution is -2.06. The quantitative estimate of drug-likeness (QED) is 0.522. The van der Waals surface area contributed by atoms with E-state index in [-0.39, 0.29) is 0 Å². The first-order chi connectivity index (χ1) is 5.74. The Balaban J connectivity index is 4.04. The van der Waals surface area contributed by atoms with E-state index in [0.717, 1.165) is 4.91 Å². The molecule has 0 atom stereocenters. The second kappa shape index (κ2) is 6.73. The zero-order valence-corrected chi connectivity index (χ0v) is 8.15. The predicted molar refractivity (Wildman–Crippen MR) is 54.8 cm³/mol. The van der Waals surface area contributed by atoms with Crippen molar-refractivity contribution in [1.29, 1.82) is 0 Å². The zero-order valence-electron chi connectivity index (χ0n) is 7.33. The van der Waals surface area contributed by atoms with Gasteiger partial charge in [-0.2, -0.15) is 0 Å². The number of nitrogens with one attached hydrogen (secondary N) is 1. The molecular formula is C9H13NOS. The second-order valence-corrected chi connectivity index (χ2v) is 2.90. The first-order valence-corrected chi connectivity index (χ1v) is 4.74. The number of allylic oxidation sites excluding steroid dienone is 3. The molecule has 0 saturated carbocycles. The SMILES string of the molecule is C=C(/C=C\C(=C/C)SC)NC=O. The molecule has 0 saturated heterocycles. The molecule has 0 aromatic carbocycles. The molecule has 3 heteroatoms. The Morgan fingerprint density at radius 3 is 2.58 bits per heavy atom. The maximum atomic E-state index is 9.97. The molecule has 0 aliphatic heterocycles. The van der Waals surface area contributed by atoms with E-state index in [0.29, 0.717) is 12.1 Å². The molecule has 12 heavy (non-hydrogen) atoms. The summed E-state index contributed by atoms with van der Waals surface area (Å²) in [6.07, 6.45) is 8.27. The average molecular weight is 183 g/mol. The molecule has 0 bridgehead atoms. The first kappa shape index (κ1) is 11.0. The van der Waals surface area contributed by atoms with Crippen LogP contribution in [0.15, 0.2) is 35.4 Å². The van der Waals surface area contributed by atoms with Crippen LogP contribution in [0.4, 0.5) is 0 Å². The Labute approximate surface area is 77.4 Å². The minimum absolute atomic E-state index is 0.596. The highest BCUT2D eigenvalue weighted by Crippen LogP contribution is 2.12. The highest BCUT2D eigenvalue weighted by Gasteiger charge is 1.86. The lowest BCUT2D eigenvalue weighted by Gasteiger charge is -1.96. The van der Waals surface area contributed by atoms with Crippen LogP contribution in [-0.2, 0) is 4.79 Å². The van der Waals surface area contributed by atoms with Crippen LogP contribution in [0.5, 0.6) is 0 Å². The molecule has 1 amide bonds. The minimum atomic E-state index is 0.596. The van der Waals surface area contributed by atoms with Crippen LogP contribution in [-0.4, -0.2) is 12.7 Å². The fourth-order valence-electron chi connectivity index (χ4n) is 0.589. The van der Waals surface area contributed by atoms with Crippen LogP contribution < -0.4 is 5.32 Å². The van der Waals surface area contributed by atoms with Gasteiger partial charge in [0.15, 0.2) is 0 Å². The highest BCUT2D eigenvalue weighted by molar-refractivity contribution is 8.02. The number of amides is 1. The fourth-order valence-corrected chi connectivity index (χ4v) is 1.03. The predicted octanol–water partition coefficient (Wildman–Crippen LogP) is 2.07. The van der Waals surface area contributed by atoms with E-state index < -0.39 is 0 Å². The second-order valence-electron chi connectivity index (χ2n) is 2.02. The van der Waals surface area contributed by atoms with Gasteiger partial charge in [0.1, 0.15) is 0 Å². The lowest BCUT2D eigenvalue weighted by molar-refractivity contribution is -0.108. The summed E-state index contributed by atoms with van der Waals surface area (Å²) in [5, 5.41) is 2.45. The standard InChI is InChI=1S/C9H13NOS/c1-4-9(12-3)6-5-8(2)10-7-11/h4-7H,2H2,1,3H3,(H,10,11)/b6-5-,9-4+. The van der Waals surface area contributed by atoms with Crippen molar-refractivity contribution < 1.29 is 4.79 Å². The molecule has 0 aromatic heterocycles. The van der Waals surface area contributed by atoms with Crippen molar-refractivity contribution in [3.05, 3.63) is 35.4 Å². The topological polar surface area (TPSA) is 29.1 Å². The molecule has 66 valence electrons. The molecular weight excluding hydrogens is 170 g/mol. The summed E-state index contributed by atoms with van der Waals surface area (Å²) in [6.45, 7) is 5.58. The number of thioether (sulfide) groups is 1. The number of carbonyl (C=O) groups excluding carboxylic acids is 1. The van der Waals surface area contributed by atoms with Gasteiger partial charge in [0.05, 0.1) is 0 Å². The maximum absolute atomic E-state index is 9.97. The Hall–Kier alpha value is -0.960. The van der Waals surface area contributed by atoms with Gasteiger partial charge < -0.3 is 5.32 Å². The van der Waals surface area contributed by atoms with Gasteiger partial charge in [0.25, 0.3) is 0 Å². The number of hydrogen-bond acceptors (Lipinski definition) is 2. The van der Waals surface area contributed by atoms with Crippen LogP contribution in [0.25, 0.3) is 0 Å². The van der Waals surface area contributed by atoms with E-state index in [1.54, 1.807) is 17.8 Å². The highest BCUT2D eigenvalue weighted by atomic mass is 32.2. The third-order valence-corrected chi connectivity index (χ3v) is 2.06. The molecule has 2 nitrogen and oxygen atoms in total. The molecule has 0 radical (unpaired) electrons. The summed E-state index contributed by atoms with van der Waals surface area (Å²) in [7, 11) is 0. The summed E-state index contributed by atoms with van der Waals surface area (Å²) in [4.78, 5) is 11.1. The largest absolute Gasteiger partial charge is 0.329 e. The Kier molecular flexibility index (Phi) is 6.19. The molecule has 0 unspecified atom stereocenters. The Morgan fingerprint density at radius 2 is 2.17 bits per heavy atom. The van der Waals surface area contributed by atoms with E-state index in [1.165, 1.54) is 0 Å². The minimum Gasteiger partial charge on any atom is -0.329 e. The van der Waals surface area contributed by atoms with Crippen molar-refractivity contribution >= 4 is 18.2 Å². The third kappa shape index (κ3) is 4.79. The van der Waals surface area contributed by atoms with E-state index in [9.17, 15) is 4.79 Å². The van der Waals surface area contributed by atoms with Gasteiger partial charge in [-0.25, -0.2) is 0 Å². The van der Waals surface area contributed by atoms with Gasteiger partial charge >= 0.3 is 0 Å². The van der Waals surface area contributed by atoms with Crippen molar-refractivity contribution in [1.82, 2.24) is 5.32 Å². The molecule has 0 aliphatic rings. The van der Waals surface area contributed by atoms with Gasteiger partial charge in [-0.05, 0) is 25.3 Å². The molecule has 0 aromatic rings. The Morgan fingerprint density at radius 1 is 1.50 bits per heavy atom. The van der Waals surface area contributed by atoms with E-state index in [1.807, 2.05) is 25.3 Å². The monoisotopic (exact) mass is 183 g/mol. The van der Waals surface area contributed by atoms with Crippen LogP contribution in [0.2, 0.25) is 0 Å². The molecule has 1 N–H and O–H groups in total. The van der Waals surface area contributed by atoms with E-state index in [4.69, 9.17) is 0 Å². The van der Waals surface area contributed by atoms with Crippen LogP contribution in [0.3, 0.4) is 0 Å². The van der Waals surface area contributed by atoms with Crippen molar-refractivity contribution in [2.45, 2.75) is 6.92 Å². The van der Waals surface area contributed by atoms with Crippen LogP contribution in [0.1, 0.15) is 6.92 Å². The van der Waals surface area contributed by atoms with E-state index in [2.05, 4.69) is 11.9 Å². The van der Waals surface area contributed by atoms with Gasteiger partial charge in [-0.15, -0.1) is 11.8 Å². The zero-order chi connectivity index (χ0) is 9.40. The summed E-state index contributed by atoms with van der Waals surface area (Å²) in [6, 6.07) is 0. The summed E-state index contributed by atoms with van der Waals surface area (Å²) in [5.74, 6) is 0. The molecule has 0 rings (SSSR count). The van der Waals surface area contributed by atoms with Crippen molar-refractivity contribution in [2.75, 3.05) is 6.26 Å². The van der Waals surface area contributed by atoms with Crippen LogP contribution in [0, 0.1) is 0 Å². The summed E-state index contributed by atoms with van der Waals surface area (Å²) in [5.41, 5.74) is 0.596. The summed E-state index contributed by atoms with van der Waals surface area (Å²) >= 11 is 1.65. The van der Waals surface area contributed by atoms with Crippen molar-refractivity contribution in [2.24, 2.45) is 0 Å². The smallest absolute Gasteiger partial charge is 0.211 e. The van der Waals surface area contributed by atoms with Crippen LogP contribution >= 0.6 is 11.8 Å². The van der Waals surface area contributed by atoms with Crippen molar-refractivity contribution in [3.63, 3.8) is 0 Å². The fraction of sp³-hybridized carbons (Fsp3) is 0.222. The van der Waals surface area contributed by atoms with Crippen molar-refractivity contribution in [3.8, 4) is 0 Å². The van der Waals surface area contributed by atoms with E-state index >= 15 is 0 Å². The maximum Gasteiger partial charge on any atom is 0.211 e.